The van der Waals surface area contributed by atoms with E-state index in [1.807, 2.05) is 48.7 Å². The van der Waals surface area contributed by atoms with Crippen molar-refractivity contribution in [2.45, 2.75) is 19.4 Å². The maximum atomic E-state index is 11.6. The quantitative estimate of drug-likeness (QED) is 0.904. The van der Waals surface area contributed by atoms with E-state index in [-0.39, 0.29) is 6.04 Å². The van der Waals surface area contributed by atoms with Crippen LogP contribution >= 0.6 is 11.3 Å². The minimum Gasteiger partial charge on any atom is -0.350 e. The van der Waals surface area contributed by atoms with Gasteiger partial charge in [-0.2, -0.15) is 5.10 Å². The van der Waals surface area contributed by atoms with Gasteiger partial charge in [0.25, 0.3) is 0 Å². The van der Waals surface area contributed by atoms with Crippen LogP contribution in [-0.4, -0.2) is 16.8 Å². The Morgan fingerprint density at radius 2 is 2.10 bits per heavy atom. The molecule has 0 bridgehead atoms. The number of amides is 2. The molecule has 5 heteroatoms. The number of primary amides is 1. The number of carbonyl (C=O) groups excluding carboxylic acids is 1. The lowest BCUT2D eigenvalue weighted by atomic mass is 10.0. The molecular weight excluding hydrogens is 270 g/mol. The molecule has 1 aliphatic heterocycles. The lowest BCUT2D eigenvalue weighted by molar-refractivity contribution is 0.196. The van der Waals surface area contributed by atoms with Crippen molar-refractivity contribution in [2.24, 2.45) is 10.8 Å². The summed E-state index contributed by atoms with van der Waals surface area (Å²) >= 11 is 1.62. The fourth-order valence-corrected chi connectivity index (χ4v) is 3.07. The van der Waals surface area contributed by atoms with E-state index < -0.39 is 6.03 Å². The van der Waals surface area contributed by atoms with Crippen molar-refractivity contribution >= 4 is 23.1 Å². The van der Waals surface area contributed by atoms with E-state index in [0.29, 0.717) is 6.42 Å². The molecule has 0 fully saturated rings. The van der Waals surface area contributed by atoms with Gasteiger partial charge in [-0.3, -0.25) is 0 Å². The molecule has 1 atom stereocenters. The minimum atomic E-state index is -0.512. The average Bonchev–Trinajstić information content (AvgIpc) is 3.08. The number of benzene rings is 1. The maximum absolute atomic E-state index is 11.6. The van der Waals surface area contributed by atoms with Crippen LogP contribution in [0.5, 0.6) is 0 Å². The van der Waals surface area contributed by atoms with Crippen LogP contribution in [0.3, 0.4) is 0 Å². The number of aryl methyl sites for hydroxylation is 1. The highest BCUT2D eigenvalue weighted by atomic mass is 32.1. The second kappa shape index (κ2) is 5.09. The molecule has 4 nitrogen and oxygen atoms in total. The summed E-state index contributed by atoms with van der Waals surface area (Å²) in [5.74, 6) is 0. The fourth-order valence-electron chi connectivity index (χ4n) is 2.35. The molecule has 20 heavy (non-hydrogen) atoms. The van der Waals surface area contributed by atoms with Crippen LogP contribution in [0.2, 0.25) is 0 Å². The van der Waals surface area contributed by atoms with Crippen molar-refractivity contribution in [3.05, 3.63) is 57.8 Å². The first kappa shape index (κ1) is 12.9. The number of hydrogen-bond donors (Lipinski definition) is 1. The highest BCUT2D eigenvalue weighted by Gasteiger charge is 2.32. The number of nitrogens with zero attached hydrogens (tertiary/aromatic N) is 2. The van der Waals surface area contributed by atoms with Crippen molar-refractivity contribution in [1.82, 2.24) is 5.01 Å². The lowest BCUT2D eigenvalue weighted by Crippen LogP contribution is -2.31. The maximum Gasteiger partial charge on any atom is 0.335 e. The minimum absolute atomic E-state index is 0.106. The molecule has 1 aliphatic rings. The largest absolute Gasteiger partial charge is 0.350 e. The van der Waals surface area contributed by atoms with Crippen LogP contribution in [0, 0.1) is 6.92 Å². The predicted octanol–water partition coefficient (Wildman–Crippen LogP) is 3.29. The van der Waals surface area contributed by atoms with Crippen LogP contribution < -0.4 is 5.73 Å². The number of nitrogens with two attached hydrogens (primary N) is 1. The third-order valence-electron chi connectivity index (χ3n) is 3.40. The smallest absolute Gasteiger partial charge is 0.335 e. The fraction of sp³-hybridized carbons (Fsp3) is 0.200. The van der Waals surface area contributed by atoms with Crippen molar-refractivity contribution in [3.63, 3.8) is 0 Å². The highest BCUT2D eigenvalue weighted by Crippen LogP contribution is 2.33. The van der Waals surface area contributed by atoms with Gasteiger partial charge in [0.2, 0.25) is 0 Å². The molecule has 2 amide bonds. The molecule has 0 aliphatic carbocycles. The zero-order chi connectivity index (χ0) is 14.1. The van der Waals surface area contributed by atoms with Gasteiger partial charge in [0.05, 0.1) is 16.6 Å². The molecule has 2 N–H and O–H groups in total. The van der Waals surface area contributed by atoms with Gasteiger partial charge in [-0.05, 0) is 23.9 Å². The number of carbonyl (C=O) groups is 1. The SMILES string of the molecule is Cc1ccc(C2CC(c3cccs3)=NN2C(N)=O)cc1. The van der Waals surface area contributed by atoms with Crippen molar-refractivity contribution in [2.75, 3.05) is 0 Å². The first-order valence-corrected chi connectivity index (χ1v) is 7.29. The molecule has 1 aromatic heterocycles. The van der Waals surface area contributed by atoms with Crippen molar-refractivity contribution in [3.8, 4) is 0 Å². The Bertz CT molecular complexity index is 646. The number of hydrogen-bond acceptors (Lipinski definition) is 3. The molecule has 2 heterocycles. The van der Waals surface area contributed by atoms with Gasteiger partial charge < -0.3 is 5.73 Å². The zero-order valence-electron chi connectivity index (χ0n) is 11.1. The molecule has 1 unspecified atom stereocenters. The molecule has 102 valence electrons. The summed E-state index contributed by atoms with van der Waals surface area (Å²) in [6.07, 6.45) is 0.701. The Hall–Kier alpha value is -2.14. The second-order valence-corrected chi connectivity index (χ2v) is 5.79. The van der Waals surface area contributed by atoms with E-state index in [0.717, 1.165) is 16.2 Å². The Morgan fingerprint density at radius 1 is 1.35 bits per heavy atom. The normalized spacial score (nSPS) is 18.1. The Labute approximate surface area is 121 Å². The van der Waals surface area contributed by atoms with Crippen LogP contribution in [0.4, 0.5) is 4.79 Å². The van der Waals surface area contributed by atoms with Crippen LogP contribution in [0.1, 0.15) is 28.5 Å². The highest BCUT2D eigenvalue weighted by molar-refractivity contribution is 7.12. The molecule has 2 aromatic rings. The first-order chi connectivity index (χ1) is 9.65. The summed E-state index contributed by atoms with van der Waals surface area (Å²) in [6.45, 7) is 2.04. The molecular formula is C15H15N3OS. The second-order valence-electron chi connectivity index (χ2n) is 4.84. The van der Waals surface area contributed by atoms with E-state index in [2.05, 4.69) is 5.10 Å². The van der Waals surface area contributed by atoms with E-state index in [1.54, 1.807) is 11.3 Å². The predicted molar refractivity (Wildman–Crippen MR) is 80.8 cm³/mol. The molecule has 0 saturated heterocycles. The van der Waals surface area contributed by atoms with Crippen LogP contribution in [0.25, 0.3) is 0 Å². The third kappa shape index (κ3) is 2.32. The van der Waals surface area contributed by atoms with Gasteiger partial charge in [0, 0.05) is 6.42 Å². The number of hydrazone groups is 1. The van der Waals surface area contributed by atoms with Crippen LogP contribution in [0.15, 0.2) is 46.9 Å². The summed E-state index contributed by atoms with van der Waals surface area (Å²) < 4.78 is 0. The topological polar surface area (TPSA) is 58.7 Å². The van der Waals surface area contributed by atoms with Gasteiger partial charge >= 0.3 is 6.03 Å². The standard InChI is InChI=1S/C15H15N3OS/c1-10-4-6-11(7-5-10)13-9-12(14-3-2-8-20-14)17-18(13)15(16)19/h2-8,13H,9H2,1H3,(H2,16,19). The monoisotopic (exact) mass is 285 g/mol. The average molecular weight is 285 g/mol. The van der Waals surface area contributed by atoms with E-state index in [1.165, 1.54) is 10.6 Å². The van der Waals surface area contributed by atoms with Gasteiger partial charge in [-0.25, -0.2) is 9.80 Å². The van der Waals surface area contributed by atoms with Gasteiger partial charge in [0.15, 0.2) is 0 Å². The zero-order valence-corrected chi connectivity index (χ0v) is 11.9. The summed E-state index contributed by atoms with van der Waals surface area (Å²) in [4.78, 5) is 12.7. The molecule has 0 radical (unpaired) electrons. The molecule has 3 rings (SSSR count). The summed E-state index contributed by atoms with van der Waals surface area (Å²) in [6, 6.07) is 11.5. The molecule has 0 saturated carbocycles. The first-order valence-electron chi connectivity index (χ1n) is 6.42. The molecule has 0 spiro atoms. The Balaban J connectivity index is 1.93. The van der Waals surface area contributed by atoms with Gasteiger partial charge in [-0.1, -0.05) is 35.9 Å². The van der Waals surface area contributed by atoms with Crippen molar-refractivity contribution in [1.29, 1.82) is 0 Å². The van der Waals surface area contributed by atoms with E-state index in [4.69, 9.17) is 5.73 Å². The van der Waals surface area contributed by atoms with Gasteiger partial charge in [-0.15, -0.1) is 11.3 Å². The van der Waals surface area contributed by atoms with Gasteiger partial charge in [0.1, 0.15) is 0 Å². The Morgan fingerprint density at radius 3 is 2.70 bits per heavy atom. The molecule has 1 aromatic carbocycles. The van der Waals surface area contributed by atoms with E-state index in [9.17, 15) is 4.79 Å². The number of urea groups is 1. The van der Waals surface area contributed by atoms with E-state index >= 15 is 0 Å². The Kier molecular flexibility index (Phi) is 3.28. The van der Waals surface area contributed by atoms with Crippen molar-refractivity contribution < 1.29 is 4.79 Å². The van der Waals surface area contributed by atoms with Crippen LogP contribution in [-0.2, 0) is 0 Å². The summed E-state index contributed by atoms with van der Waals surface area (Å²) in [5.41, 5.74) is 8.63. The number of rotatable bonds is 2. The number of thiophene rings is 1. The lowest BCUT2D eigenvalue weighted by Gasteiger charge is -2.19. The third-order valence-corrected chi connectivity index (χ3v) is 4.32. The summed E-state index contributed by atoms with van der Waals surface area (Å²) in [7, 11) is 0. The summed E-state index contributed by atoms with van der Waals surface area (Å²) in [5, 5.41) is 7.79.